The fourth-order valence-electron chi connectivity index (χ4n) is 5.11. The molecule has 2 saturated heterocycles. The highest BCUT2D eigenvalue weighted by Gasteiger charge is 2.50. The Morgan fingerprint density at radius 1 is 1.22 bits per heavy atom. The summed E-state index contributed by atoms with van der Waals surface area (Å²) >= 11 is 0. The number of likely N-dealkylation sites (tertiary alicyclic amines) is 1. The lowest BCUT2D eigenvalue weighted by Crippen LogP contribution is -2.50. The van der Waals surface area contributed by atoms with E-state index in [9.17, 15) is 9.90 Å². The van der Waals surface area contributed by atoms with Crippen molar-refractivity contribution in [3.63, 3.8) is 0 Å². The Morgan fingerprint density at radius 3 is 2.74 bits per heavy atom. The summed E-state index contributed by atoms with van der Waals surface area (Å²) in [6, 6.07) is 3.99. The maximum atomic E-state index is 13.4. The maximum absolute atomic E-state index is 13.4. The maximum Gasteiger partial charge on any atom is 0.230 e. The van der Waals surface area contributed by atoms with Crippen molar-refractivity contribution in [1.29, 1.82) is 0 Å². The van der Waals surface area contributed by atoms with Gasteiger partial charge in [-0.15, -0.1) is 0 Å². The minimum absolute atomic E-state index is 0.197. The van der Waals surface area contributed by atoms with Gasteiger partial charge in [-0.05, 0) is 51.9 Å². The zero-order chi connectivity index (χ0) is 19.0. The molecule has 6 nitrogen and oxygen atoms in total. The summed E-state index contributed by atoms with van der Waals surface area (Å²) in [5.74, 6) is 1.02. The summed E-state index contributed by atoms with van der Waals surface area (Å²) < 4.78 is 0. The lowest BCUT2D eigenvalue weighted by molar-refractivity contribution is -0.139. The Bertz CT molecular complexity index is 766. The molecule has 6 heteroatoms. The molecule has 1 N–H and O–H groups in total. The second-order valence-corrected chi connectivity index (χ2v) is 8.42. The van der Waals surface area contributed by atoms with Crippen LogP contribution in [0.3, 0.4) is 0 Å². The highest BCUT2D eigenvalue weighted by molar-refractivity contribution is 5.86. The van der Waals surface area contributed by atoms with E-state index in [1.54, 1.807) is 0 Å². The molecule has 1 aliphatic carbocycles. The minimum atomic E-state index is -0.334. The predicted molar refractivity (Wildman–Crippen MR) is 104 cm³/mol. The fraction of sp³-hybridized carbons (Fsp3) is 0.667. The second-order valence-electron chi connectivity index (χ2n) is 8.42. The number of carbonyl (C=O) groups is 1. The summed E-state index contributed by atoms with van der Waals surface area (Å²) in [4.78, 5) is 25.9. The largest absolute Gasteiger partial charge is 0.393 e. The van der Waals surface area contributed by atoms with Gasteiger partial charge in [-0.3, -0.25) is 4.79 Å². The number of anilines is 1. The van der Waals surface area contributed by atoms with Crippen LogP contribution in [-0.2, 0) is 4.79 Å². The van der Waals surface area contributed by atoms with Crippen LogP contribution in [0.15, 0.2) is 12.1 Å². The van der Waals surface area contributed by atoms with Gasteiger partial charge < -0.3 is 14.9 Å². The van der Waals surface area contributed by atoms with Crippen LogP contribution in [0.1, 0.15) is 50.6 Å². The third-order valence-corrected chi connectivity index (χ3v) is 6.64. The molecular formula is C21H28N4O2. The molecule has 2 aliphatic heterocycles. The van der Waals surface area contributed by atoms with Crippen molar-refractivity contribution in [2.75, 3.05) is 24.5 Å². The van der Waals surface area contributed by atoms with E-state index in [1.165, 1.54) is 0 Å². The first kappa shape index (κ1) is 18.2. The molecule has 1 spiro atoms. The van der Waals surface area contributed by atoms with E-state index in [2.05, 4.69) is 19.6 Å². The number of hydrogen-bond acceptors (Lipinski definition) is 4. The van der Waals surface area contributed by atoms with Crippen molar-refractivity contribution in [1.82, 2.24) is 9.88 Å². The van der Waals surface area contributed by atoms with Gasteiger partial charge in [0.1, 0.15) is 5.82 Å². The van der Waals surface area contributed by atoms with E-state index in [1.807, 2.05) is 19.1 Å². The first-order valence-corrected chi connectivity index (χ1v) is 10.1. The Morgan fingerprint density at radius 2 is 2.00 bits per heavy atom. The smallest absolute Gasteiger partial charge is 0.230 e. The first-order chi connectivity index (χ1) is 13.0. The van der Waals surface area contributed by atoms with Crippen LogP contribution in [0, 0.1) is 18.9 Å². The van der Waals surface area contributed by atoms with Gasteiger partial charge in [0.05, 0.1) is 18.1 Å². The van der Waals surface area contributed by atoms with Crippen LogP contribution >= 0.6 is 0 Å². The van der Waals surface area contributed by atoms with E-state index in [0.717, 1.165) is 69.5 Å². The fourth-order valence-corrected chi connectivity index (χ4v) is 5.11. The molecule has 0 radical (unpaired) electrons. The lowest BCUT2D eigenvalue weighted by atomic mass is 9.78. The van der Waals surface area contributed by atoms with Gasteiger partial charge in [0.25, 0.3) is 0 Å². The number of aromatic nitrogens is 1. The van der Waals surface area contributed by atoms with Crippen LogP contribution < -0.4 is 4.90 Å². The van der Waals surface area contributed by atoms with Crippen LogP contribution in [0.25, 0.3) is 4.85 Å². The van der Waals surface area contributed by atoms with Crippen LogP contribution in [-0.4, -0.2) is 52.7 Å². The molecule has 4 rings (SSSR count). The van der Waals surface area contributed by atoms with E-state index < -0.39 is 0 Å². The number of nitrogens with zero attached hydrogens (tertiary/aromatic N) is 4. The van der Waals surface area contributed by atoms with Gasteiger partial charge in [0.15, 0.2) is 0 Å². The van der Waals surface area contributed by atoms with Gasteiger partial charge >= 0.3 is 0 Å². The molecule has 144 valence electrons. The molecule has 3 heterocycles. The number of amides is 1. The van der Waals surface area contributed by atoms with E-state index >= 15 is 0 Å². The summed E-state index contributed by atoms with van der Waals surface area (Å²) in [5.41, 5.74) is 1.14. The minimum Gasteiger partial charge on any atom is -0.393 e. The number of carbonyl (C=O) groups excluding carboxylic acids is 1. The number of rotatable bonds is 2. The predicted octanol–water partition coefficient (Wildman–Crippen LogP) is 3.06. The molecule has 1 aromatic heterocycles. The van der Waals surface area contributed by atoms with Crippen molar-refractivity contribution in [3.8, 4) is 0 Å². The van der Waals surface area contributed by atoms with Gasteiger partial charge in [-0.2, -0.15) is 0 Å². The number of aliphatic hydroxyl groups excluding tert-OH is 1. The normalized spacial score (nSPS) is 31.4. The summed E-state index contributed by atoms with van der Waals surface area (Å²) in [6.07, 6.45) is 5.99. The van der Waals surface area contributed by atoms with Crippen LogP contribution in [0.2, 0.25) is 0 Å². The van der Waals surface area contributed by atoms with Crippen molar-refractivity contribution >= 4 is 17.4 Å². The van der Waals surface area contributed by atoms with Gasteiger partial charge in [0.2, 0.25) is 11.6 Å². The van der Waals surface area contributed by atoms with Crippen molar-refractivity contribution < 1.29 is 9.90 Å². The van der Waals surface area contributed by atoms with Gasteiger partial charge in [-0.25, -0.2) is 9.83 Å². The molecule has 0 bridgehead atoms. The Kier molecular flexibility index (Phi) is 4.81. The Labute approximate surface area is 161 Å². The highest BCUT2D eigenvalue weighted by Crippen LogP contribution is 2.44. The Balaban J connectivity index is 1.54. The number of aliphatic hydroxyl groups is 1. The topological polar surface area (TPSA) is 61.0 Å². The standard InChI is InChI=1S/C21H28N4O2/c1-15-4-9-18(22-2)19(23-15)24-12-3-10-21(14-24)11-13-25(20(21)27)16-5-7-17(26)8-6-16/h4,9,16-17,26H,3,5-8,10-14H2,1H3/t16?,17?,21-/m1/s1. The second kappa shape index (κ2) is 7.12. The molecule has 0 unspecified atom stereocenters. The van der Waals surface area contributed by atoms with E-state index in [0.29, 0.717) is 12.2 Å². The molecule has 3 fully saturated rings. The third-order valence-electron chi connectivity index (χ3n) is 6.64. The monoisotopic (exact) mass is 368 g/mol. The lowest BCUT2D eigenvalue weighted by Gasteiger charge is -2.41. The van der Waals surface area contributed by atoms with E-state index in [4.69, 9.17) is 6.57 Å². The Hall–Kier alpha value is -2.13. The summed E-state index contributed by atoms with van der Waals surface area (Å²) in [6.45, 7) is 11.7. The summed E-state index contributed by atoms with van der Waals surface area (Å²) in [5, 5.41) is 9.77. The number of hydrogen-bond donors (Lipinski definition) is 1. The molecule has 0 aromatic carbocycles. The molecule has 27 heavy (non-hydrogen) atoms. The molecular weight excluding hydrogens is 340 g/mol. The molecule has 3 aliphatic rings. The first-order valence-electron chi connectivity index (χ1n) is 10.1. The average molecular weight is 368 g/mol. The van der Waals surface area contributed by atoms with Crippen LogP contribution in [0.4, 0.5) is 11.5 Å². The number of pyridine rings is 1. The third kappa shape index (κ3) is 3.29. The SMILES string of the molecule is [C-]#[N+]c1ccc(C)nc1N1CCC[C@@]2(CCN(C3CCC(O)CC3)C2=O)C1. The van der Waals surface area contributed by atoms with Crippen molar-refractivity contribution in [2.24, 2.45) is 5.41 Å². The molecule has 1 atom stereocenters. The van der Waals surface area contributed by atoms with Crippen molar-refractivity contribution in [3.05, 3.63) is 29.2 Å². The number of aryl methyl sites for hydroxylation is 1. The van der Waals surface area contributed by atoms with Crippen LogP contribution in [0.5, 0.6) is 0 Å². The van der Waals surface area contributed by atoms with Crippen molar-refractivity contribution in [2.45, 2.75) is 64.0 Å². The van der Waals surface area contributed by atoms with Gasteiger partial charge in [0, 0.05) is 31.4 Å². The van der Waals surface area contributed by atoms with E-state index in [-0.39, 0.29) is 23.5 Å². The molecule has 1 aromatic rings. The van der Waals surface area contributed by atoms with Gasteiger partial charge in [-0.1, -0.05) is 12.1 Å². The zero-order valence-electron chi connectivity index (χ0n) is 16.0. The number of piperidine rings is 1. The quantitative estimate of drug-likeness (QED) is 0.815. The molecule has 1 saturated carbocycles. The molecule has 1 amide bonds. The summed E-state index contributed by atoms with van der Waals surface area (Å²) in [7, 11) is 0. The average Bonchev–Trinajstić information content (AvgIpc) is 2.98. The highest BCUT2D eigenvalue weighted by atomic mass is 16.3. The zero-order valence-corrected chi connectivity index (χ0v) is 16.0.